The molecule has 0 fully saturated rings. The van der Waals surface area contributed by atoms with Gasteiger partial charge in [-0.2, -0.15) is 0 Å². The van der Waals surface area contributed by atoms with Crippen molar-refractivity contribution in [2.45, 2.75) is 25.7 Å². The third-order valence-corrected chi connectivity index (χ3v) is 4.72. The summed E-state index contributed by atoms with van der Waals surface area (Å²) in [5.74, 6) is 0.506. The highest BCUT2D eigenvalue weighted by Crippen LogP contribution is 2.34. The Bertz CT molecular complexity index is 760. The molecule has 0 saturated carbocycles. The minimum absolute atomic E-state index is 0.0344. The van der Waals surface area contributed by atoms with E-state index < -0.39 is 0 Å². The van der Waals surface area contributed by atoms with E-state index in [9.17, 15) is 9.59 Å². The van der Waals surface area contributed by atoms with Crippen molar-refractivity contribution < 1.29 is 14.3 Å². The number of nitrogens with one attached hydrogen (secondary N) is 2. The quantitative estimate of drug-likeness (QED) is 0.727. The number of benzene rings is 2. The second kappa shape index (κ2) is 9.97. The van der Waals surface area contributed by atoms with Crippen molar-refractivity contribution in [1.29, 1.82) is 0 Å². The highest BCUT2D eigenvalue weighted by atomic mass is 35.5. The summed E-state index contributed by atoms with van der Waals surface area (Å²) in [7, 11) is 1.62. The average molecular weight is 389 g/mol. The summed E-state index contributed by atoms with van der Waals surface area (Å²) in [5, 5.41) is 6.48. The summed E-state index contributed by atoms with van der Waals surface area (Å²) in [4.78, 5) is 23.1. The summed E-state index contributed by atoms with van der Waals surface area (Å²) in [6.45, 7) is 3.90. The van der Waals surface area contributed by atoms with Gasteiger partial charge in [0.2, 0.25) is 11.8 Å². The van der Waals surface area contributed by atoms with Gasteiger partial charge in [0.15, 0.2) is 0 Å². The molecule has 2 atom stereocenters. The Hall–Kier alpha value is -2.53. The third kappa shape index (κ3) is 6.29. The lowest BCUT2D eigenvalue weighted by Crippen LogP contribution is -2.34. The van der Waals surface area contributed by atoms with E-state index in [1.54, 1.807) is 7.11 Å². The Kier molecular flexibility index (Phi) is 7.67. The molecular formula is C21H25ClN2O3. The topological polar surface area (TPSA) is 67.4 Å². The molecule has 0 radical (unpaired) electrons. The molecule has 2 N–H and O–H groups in total. The van der Waals surface area contributed by atoms with Crippen LogP contribution in [0.5, 0.6) is 5.75 Å². The molecule has 0 spiro atoms. The monoisotopic (exact) mass is 388 g/mol. The van der Waals surface area contributed by atoms with Crippen LogP contribution in [0.3, 0.4) is 0 Å². The zero-order valence-corrected chi connectivity index (χ0v) is 16.5. The number of methoxy groups -OCH3 is 1. The zero-order valence-electron chi connectivity index (χ0n) is 15.8. The highest BCUT2D eigenvalue weighted by Gasteiger charge is 2.25. The van der Waals surface area contributed by atoms with E-state index in [0.29, 0.717) is 18.1 Å². The van der Waals surface area contributed by atoms with Gasteiger partial charge in [-0.15, -0.1) is 0 Å². The van der Waals surface area contributed by atoms with Gasteiger partial charge in [-0.3, -0.25) is 9.59 Å². The number of hydrogen-bond donors (Lipinski definition) is 2. The zero-order chi connectivity index (χ0) is 19.8. The first kappa shape index (κ1) is 20.8. The fourth-order valence-corrected chi connectivity index (χ4v) is 3.18. The van der Waals surface area contributed by atoms with E-state index in [0.717, 1.165) is 16.9 Å². The number of halogens is 1. The van der Waals surface area contributed by atoms with Crippen molar-refractivity contribution in [3.8, 4) is 5.75 Å². The van der Waals surface area contributed by atoms with E-state index in [1.807, 2.05) is 48.5 Å². The SMILES string of the molecule is COc1ccc(C(CNC(C)=O)C(CNC(C)=O)c2ccc(Cl)cc2)cc1. The van der Waals surface area contributed by atoms with Crippen LogP contribution in [0.25, 0.3) is 0 Å². The molecule has 5 nitrogen and oxygen atoms in total. The van der Waals surface area contributed by atoms with Crippen molar-refractivity contribution >= 4 is 23.4 Å². The Balaban J connectivity index is 2.40. The molecule has 0 bridgehead atoms. The van der Waals surface area contributed by atoms with Crippen LogP contribution in [-0.2, 0) is 9.59 Å². The van der Waals surface area contributed by atoms with E-state index in [1.165, 1.54) is 13.8 Å². The Morgan fingerprint density at radius 2 is 1.26 bits per heavy atom. The van der Waals surface area contributed by atoms with Crippen LogP contribution in [0.1, 0.15) is 36.8 Å². The summed E-state index contributed by atoms with van der Waals surface area (Å²) in [6, 6.07) is 15.4. The minimum atomic E-state index is -0.0954. The molecule has 2 rings (SSSR count). The van der Waals surface area contributed by atoms with Gasteiger partial charge in [0.1, 0.15) is 5.75 Å². The van der Waals surface area contributed by atoms with Crippen molar-refractivity contribution in [3.05, 3.63) is 64.7 Å². The fourth-order valence-electron chi connectivity index (χ4n) is 3.05. The lowest BCUT2D eigenvalue weighted by Gasteiger charge is -2.29. The lowest BCUT2D eigenvalue weighted by atomic mass is 9.81. The van der Waals surface area contributed by atoms with Gasteiger partial charge in [0.25, 0.3) is 0 Å². The first-order chi connectivity index (χ1) is 12.9. The summed E-state index contributed by atoms with van der Waals surface area (Å²) >= 11 is 6.04. The number of ether oxygens (including phenoxy) is 1. The molecule has 0 aromatic heterocycles. The number of rotatable bonds is 8. The summed E-state index contributed by atoms with van der Waals surface area (Å²) in [5.41, 5.74) is 2.09. The van der Waals surface area contributed by atoms with Gasteiger partial charge in [0.05, 0.1) is 7.11 Å². The lowest BCUT2D eigenvalue weighted by molar-refractivity contribution is -0.120. The van der Waals surface area contributed by atoms with Gasteiger partial charge in [0, 0.05) is 43.8 Å². The molecule has 0 aliphatic carbocycles. The predicted octanol–water partition coefficient (Wildman–Crippen LogP) is 3.49. The van der Waals surface area contributed by atoms with E-state index >= 15 is 0 Å². The number of carbonyl (C=O) groups excluding carboxylic acids is 2. The molecule has 0 aliphatic heterocycles. The fraction of sp³-hybridized carbons (Fsp3) is 0.333. The molecule has 2 amide bonds. The van der Waals surface area contributed by atoms with Gasteiger partial charge in [-0.25, -0.2) is 0 Å². The van der Waals surface area contributed by atoms with Gasteiger partial charge >= 0.3 is 0 Å². The Labute approximate surface area is 165 Å². The molecular weight excluding hydrogens is 364 g/mol. The molecule has 0 aliphatic rings. The largest absolute Gasteiger partial charge is 0.497 e. The molecule has 2 unspecified atom stereocenters. The van der Waals surface area contributed by atoms with Gasteiger partial charge in [-0.05, 0) is 35.4 Å². The standard InChI is InChI=1S/C21H25ClN2O3/c1-14(25)23-12-20(16-4-8-18(22)9-5-16)21(13-24-15(2)26)17-6-10-19(27-3)11-7-17/h4-11,20-21H,12-13H2,1-3H3,(H,23,25)(H,24,26). The first-order valence-electron chi connectivity index (χ1n) is 8.79. The normalized spacial score (nSPS) is 12.7. The van der Waals surface area contributed by atoms with Crippen molar-refractivity contribution in [1.82, 2.24) is 10.6 Å². The molecule has 2 aromatic carbocycles. The second-order valence-corrected chi connectivity index (χ2v) is 6.85. The van der Waals surface area contributed by atoms with Crippen molar-refractivity contribution in [3.63, 3.8) is 0 Å². The molecule has 2 aromatic rings. The minimum Gasteiger partial charge on any atom is -0.497 e. The van der Waals surface area contributed by atoms with Crippen LogP contribution in [0.2, 0.25) is 5.02 Å². The molecule has 27 heavy (non-hydrogen) atoms. The third-order valence-electron chi connectivity index (χ3n) is 4.47. The molecule has 6 heteroatoms. The highest BCUT2D eigenvalue weighted by molar-refractivity contribution is 6.30. The summed E-state index contributed by atoms with van der Waals surface area (Å²) < 4.78 is 5.24. The maximum Gasteiger partial charge on any atom is 0.216 e. The number of hydrogen-bond acceptors (Lipinski definition) is 3. The number of amides is 2. The summed E-state index contributed by atoms with van der Waals surface area (Å²) in [6.07, 6.45) is 0. The van der Waals surface area contributed by atoms with Gasteiger partial charge < -0.3 is 15.4 Å². The number of carbonyl (C=O) groups is 2. The van der Waals surface area contributed by atoms with Gasteiger partial charge in [-0.1, -0.05) is 35.9 Å². The van der Waals surface area contributed by atoms with E-state index in [-0.39, 0.29) is 23.7 Å². The van der Waals surface area contributed by atoms with Crippen molar-refractivity contribution in [2.24, 2.45) is 0 Å². The van der Waals surface area contributed by atoms with Crippen LogP contribution in [0.4, 0.5) is 0 Å². The molecule has 0 saturated heterocycles. The maximum absolute atomic E-state index is 11.5. The molecule has 0 heterocycles. The smallest absolute Gasteiger partial charge is 0.216 e. The van der Waals surface area contributed by atoms with Crippen LogP contribution in [0.15, 0.2) is 48.5 Å². The Morgan fingerprint density at radius 3 is 1.63 bits per heavy atom. The van der Waals surface area contributed by atoms with Crippen molar-refractivity contribution in [2.75, 3.05) is 20.2 Å². The van der Waals surface area contributed by atoms with Crippen LogP contribution >= 0.6 is 11.6 Å². The molecule has 144 valence electrons. The maximum atomic E-state index is 11.5. The van der Waals surface area contributed by atoms with Crippen LogP contribution < -0.4 is 15.4 Å². The Morgan fingerprint density at radius 1 is 0.852 bits per heavy atom. The van der Waals surface area contributed by atoms with E-state index in [2.05, 4.69) is 10.6 Å². The van der Waals surface area contributed by atoms with Crippen LogP contribution in [0, 0.1) is 0 Å². The predicted molar refractivity (Wildman–Crippen MR) is 107 cm³/mol. The average Bonchev–Trinajstić information content (AvgIpc) is 2.65. The van der Waals surface area contributed by atoms with Crippen LogP contribution in [-0.4, -0.2) is 32.0 Å². The second-order valence-electron chi connectivity index (χ2n) is 6.41. The van der Waals surface area contributed by atoms with E-state index in [4.69, 9.17) is 16.3 Å². The first-order valence-corrected chi connectivity index (χ1v) is 9.16.